The number of alkyl halides is 1. The quantitative estimate of drug-likeness (QED) is 0.637. The van der Waals surface area contributed by atoms with Crippen LogP contribution in [-0.4, -0.2) is 29.4 Å². The first-order valence-corrected chi connectivity index (χ1v) is 6.48. The fraction of sp³-hybridized carbons (Fsp3) is 0.818. The summed E-state index contributed by atoms with van der Waals surface area (Å²) in [5.74, 6) is -0.485. The molecule has 0 aromatic rings. The fourth-order valence-corrected chi connectivity index (χ4v) is 2.18. The molecule has 16 heavy (non-hydrogen) atoms. The lowest BCUT2D eigenvalue weighted by atomic mass is 9.81. The van der Waals surface area contributed by atoms with Crippen LogP contribution >= 0.6 is 15.9 Å². The molecular formula is C11H18BrNO3. The summed E-state index contributed by atoms with van der Waals surface area (Å²) >= 11 is 3.20. The van der Waals surface area contributed by atoms with Crippen LogP contribution in [0.5, 0.6) is 0 Å². The molecule has 1 atom stereocenters. The molecule has 4 nitrogen and oxygen atoms in total. The zero-order valence-electron chi connectivity index (χ0n) is 9.72. The Morgan fingerprint density at radius 3 is 2.31 bits per heavy atom. The summed E-state index contributed by atoms with van der Waals surface area (Å²) in [5.41, 5.74) is -0.799. The Hall–Kier alpha value is -0.580. The van der Waals surface area contributed by atoms with Gasteiger partial charge in [-0.1, -0.05) is 35.2 Å². The van der Waals surface area contributed by atoms with E-state index in [1.807, 2.05) is 0 Å². The lowest BCUT2D eigenvalue weighted by Crippen LogP contribution is -2.57. The van der Waals surface area contributed by atoms with Gasteiger partial charge in [0.05, 0.1) is 11.9 Å². The van der Waals surface area contributed by atoms with Gasteiger partial charge in [-0.05, 0) is 19.8 Å². The van der Waals surface area contributed by atoms with Gasteiger partial charge >= 0.3 is 5.97 Å². The van der Waals surface area contributed by atoms with E-state index in [9.17, 15) is 9.59 Å². The second-order valence-electron chi connectivity index (χ2n) is 4.24. The highest BCUT2D eigenvalue weighted by Crippen LogP contribution is 2.29. The molecule has 0 heterocycles. The standard InChI is InChI=1S/C11H18BrNO3/c1-8(12)9(14)13-11(10(15)16-2)6-4-3-5-7-11/h8H,3-7H2,1-2H3,(H,13,14). The van der Waals surface area contributed by atoms with E-state index in [4.69, 9.17) is 4.74 Å². The van der Waals surface area contributed by atoms with Crippen LogP contribution in [0.3, 0.4) is 0 Å². The molecule has 1 N–H and O–H groups in total. The molecule has 0 aliphatic heterocycles. The van der Waals surface area contributed by atoms with Crippen molar-refractivity contribution < 1.29 is 14.3 Å². The Morgan fingerprint density at radius 2 is 1.88 bits per heavy atom. The molecule has 0 spiro atoms. The molecule has 0 radical (unpaired) electrons. The predicted molar refractivity (Wildman–Crippen MR) is 64.4 cm³/mol. The summed E-state index contributed by atoms with van der Waals surface area (Å²) in [4.78, 5) is 23.2. The Morgan fingerprint density at radius 1 is 1.31 bits per heavy atom. The Balaban J connectivity index is 2.78. The van der Waals surface area contributed by atoms with E-state index < -0.39 is 5.54 Å². The van der Waals surface area contributed by atoms with Crippen LogP contribution in [0.4, 0.5) is 0 Å². The summed E-state index contributed by atoms with van der Waals surface area (Å²) < 4.78 is 4.80. The highest BCUT2D eigenvalue weighted by molar-refractivity contribution is 9.10. The average Bonchev–Trinajstić information content (AvgIpc) is 2.29. The summed E-state index contributed by atoms with van der Waals surface area (Å²) in [6.45, 7) is 1.74. The normalized spacial score (nSPS) is 20.9. The van der Waals surface area contributed by atoms with E-state index in [0.29, 0.717) is 12.8 Å². The summed E-state index contributed by atoms with van der Waals surface area (Å²) in [6, 6.07) is 0. The van der Waals surface area contributed by atoms with Crippen LogP contribution in [-0.2, 0) is 14.3 Å². The van der Waals surface area contributed by atoms with Crippen molar-refractivity contribution in [1.82, 2.24) is 5.32 Å². The molecular weight excluding hydrogens is 274 g/mol. The van der Waals surface area contributed by atoms with Crippen LogP contribution in [0.1, 0.15) is 39.0 Å². The van der Waals surface area contributed by atoms with Crippen LogP contribution in [0.2, 0.25) is 0 Å². The smallest absolute Gasteiger partial charge is 0.331 e. The zero-order valence-corrected chi connectivity index (χ0v) is 11.3. The molecule has 5 heteroatoms. The lowest BCUT2D eigenvalue weighted by molar-refractivity contribution is -0.152. The first-order valence-electron chi connectivity index (χ1n) is 5.56. The Bertz CT molecular complexity index is 272. The van der Waals surface area contributed by atoms with E-state index in [2.05, 4.69) is 21.2 Å². The molecule has 0 aromatic carbocycles. The van der Waals surface area contributed by atoms with Gasteiger partial charge < -0.3 is 10.1 Å². The van der Waals surface area contributed by atoms with Crippen molar-refractivity contribution in [1.29, 1.82) is 0 Å². The van der Waals surface area contributed by atoms with Crippen molar-refractivity contribution in [3.63, 3.8) is 0 Å². The van der Waals surface area contributed by atoms with Crippen molar-refractivity contribution in [2.24, 2.45) is 0 Å². The molecule has 1 aliphatic rings. The number of rotatable bonds is 3. The van der Waals surface area contributed by atoms with E-state index >= 15 is 0 Å². The topological polar surface area (TPSA) is 55.4 Å². The van der Waals surface area contributed by atoms with Gasteiger partial charge in [-0.25, -0.2) is 4.79 Å². The molecule has 0 bridgehead atoms. The van der Waals surface area contributed by atoms with Crippen molar-refractivity contribution in [3.05, 3.63) is 0 Å². The van der Waals surface area contributed by atoms with Crippen molar-refractivity contribution in [3.8, 4) is 0 Å². The monoisotopic (exact) mass is 291 g/mol. The molecule has 1 unspecified atom stereocenters. The highest BCUT2D eigenvalue weighted by Gasteiger charge is 2.42. The van der Waals surface area contributed by atoms with Gasteiger partial charge in [0.1, 0.15) is 5.54 Å². The van der Waals surface area contributed by atoms with E-state index in [1.54, 1.807) is 6.92 Å². The van der Waals surface area contributed by atoms with Gasteiger partial charge in [0, 0.05) is 0 Å². The summed E-state index contributed by atoms with van der Waals surface area (Å²) in [7, 11) is 1.36. The number of hydrogen-bond acceptors (Lipinski definition) is 3. The minimum Gasteiger partial charge on any atom is -0.467 e. The van der Waals surface area contributed by atoms with Crippen LogP contribution in [0.15, 0.2) is 0 Å². The van der Waals surface area contributed by atoms with E-state index in [-0.39, 0.29) is 16.7 Å². The fourth-order valence-electron chi connectivity index (χ4n) is 2.07. The minimum absolute atomic E-state index is 0.160. The van der Waals surface area contributed by atoms with Crippen molar-refractivity contribution in [2.45, 2.75) is 49.4 Å². The van der Waals surface area contributed by atoms with Crippen molar-refractivity contribution in [2.75, 3.05) is 7.11 Å². The van der Waals surface area contributed by atoms with Crippen LogP contribution in [0.25, 0.3) is 0 Å². The number of hydrogen-bond donors (Lipinski definition) is 1. The molecule has 1 amide bonds. The number of halogens is 1. The van der Waals surface area contributed by atoms with Gasteiger partial charge in [-0.15, -0.1) is 0 Å². The lowest BCUT2D eigenvalue weighted by Gasteiger charge is -2.35. The molecule has 92 valence electrons. The largest absolute Gasteiger partial charge is 0.467 e. The molecule has 1 saturated carbocycles. The first-order chi connectivity index (χ1) is 7.52. The predicted octanol–water partition coefficient (Wildman–Crippen LogP) is 1.76. The van der Waals surface area contributed by atoms with Gasteiger partial charge in [-0.3, -0.25) is 4.79 Å². The number of amides is 1. The van der Waals surface area contributed by atoms with Crippen LogP contribution < -0.4 is 5.32 Å². The maximum Gasteiger partial charge on any atom is 0.331 e. The maximum atomic E-state index is 11.8. The van der Waals surface area contributed by atoms with Gasteiger partial charge in [0.2, 0.25) is 5.91 Å². The number of ether oxygens (including phenoxy) is 1. The van der Waals surface area contributed by atoms with Gasteiger partial charge in [0.25, 0.3) is 0 Å². The molecule has 0 saturated heterocycles. The Kier molecular flexibility index (Phi) is 4.77. The van der Waals surface area contributed by atoms with Gasteiger partial charge in [-0.2, -0.15) is 0 Å². The van der Waals surface area contributed by atoms with Crippen LogP contribution in [0, 0.1) is 0 Å². The molecule has 1 aliphatic carbocycles. The number of carbonyl (C=O) groups is 2. The van der Waals surface area contributed by atoms with E-state index in [1.165, 1.54) is 7.11 Å². The highest BCUT2D eigenvalue weighted by atomic mass is 79.9. The number of methoxy groups -OCH3 is 1. The van der Waals surface area contributed by atoms with E-state index in [0.717, 1.165) is 19.3 Å². The Labute approximate surface area is 104 Å². The number of esters is 1. The number of nitrogens with one attached hydrogen (secondary N) is 1. The maximum absolute atomic E-state index is 11.8. The minimum atomic E-state index is -0.799. The first kappa shape index (κ1) is 13.5. The second kappa shape index (κ2) is 5.66. The molecule has 1 rings (SSSR count). The third kappa shape index (κ3) is 2.97. The van der Waals surface area contributed by atoms with Crippen molar-refractivity contribution >= 4 is 27.8 Å². The molecule has 0 aromatic heterocycles. The average molecular weight is 292 g/mol. The SMILES string of the molecule is COC(=O)C1(NC(=O)C(C)Br)CCCCC1. The summed E-state index contributed by atoms with van der Waals surface area (Å²) in [5, 5.41) is 2.82. The number of carbonyl (C=O) groups excluding carboxylic acids is 2. The molecule has 1 fully saturated rings. The zero-order chi connectivity index (χ0) is 12.2. The third-order valence-electron chi connectivity index (χ3n) is 3.01. The third-order valence-corrected chi connectivity index (χ3v) is 3.42. The second-order valence-corrected chi connectivity index (χ2v) is 5.61. The summed E-state index contributed by atoms with van der Waals surface area (Å²) in [6.07, 6.45) is 4.35. The van der Waals surface area contributed by atoms with Gasteiger partial charge in [0.15, 0.2) is 0 Å².